The van der Waals surface area contributed by atoms with Crippen LogP contribution in [0.25, 0.3) is 10.6 Å². The number of piperidine rings is 1. The molecule has 0 unspecified atom stereocenters. The fourth-order valence-corrected chi connectivity index (χ4v) is 3.45. The average Bonchev–Trinajstić information content (AvgIpc) is 2.97. The molecule has 1 saturated heterocycles. The number of rotatable bonds is 3. The maximum atomic E-state index is 12.2. The maximum Gasteiger partial charge on any atom is 0.228 e. The molecular weight excluding hydrogens is 280 g/mol. The van der Waals surface area contributed by atoms with Gasteiger partial charge >= 0.3 is 0 Å². The van der Waals surface area contributed by atoms with Gasteiger partial charge in [0.25, 0.3) is 0 Å². The summed E-state index contributed by atoms with van der Waals surface area (Å²) in [4.78, 5) is 18.8. The summed E-state index contributed by atoms with van der Waals surface area (Å²) in [7, 11) is 0. The van der Waals surface area contributed by atoms with E-state index in [2.05, 4.69) is 36.2 Å². The Balaban J connectivity index is 1.67. The molecule has 110 valence electrons. The highest BCUT2D eigenvalue weighted by molar-refractivity contribution is 7.13. The second kappa shape index (κ2) is 6.39. The summed E-state index contributed by atoms with van der Waals surface area (Å²) < 4.78 is 0. The van der Waals surface area contributed by atoms with Crippen molar-refractivity contribution in [2.24, 2.45) is 0 Å². The molecule has 1 aliphatic heterocycles. The molecule has 4 heteroatoms. The third-order valence-corrected chi connectivity index (χ3v) is 4.83. The molecule has 0 bridgehead atoms. The molecule has 0 aliphatic carbocycles. The SMILES string of the molecule is Cc1ccc(-c2nc(CC(=O)N3CCCCC3)cs2)cc1. The Labute approximate surface area is 129 Å². The van der Waals surface area contributed by atoms with Gasteiger partial charge in [-0.1, -0.05) is 29.8 Å². The van der Waals surface area contributed by atoms with E-state index in [9.17, 15) is 4.79 Å². The van der Waals surface area contributed by atoms with Gasteiger partial charge in [-0.2, -0.15) is 0 Å². The lowest BCUT2D eigenvalue weighted by atomic mass is 10.1. The minimum atomic E-state index is 0.218. The first-order valence-electron chi connectivity index (χ1n) is 7.51. The zero-order valence-corrected chi connectivity index (χ0v) is 13.2. The highest BCUT2D eigenvalue weighted by Gasteiger charge is 2.18. The van der Waals surface area contributed by atoms with Crippen LogP contribution in [0.5, 0.6) is 0 Å². The van der Waals surface area contributed by atoms with Crippen LogP contribution in [0.1, 0.15) is 30.5 Å². The summed E-state index contributed by atoms with van der Waals surface area (Å²) in [5, 5.41) is 3.01. The number of aromatic nitrogens is 1. The van der Waals surface area contributed by atoms with Gasteiger partial charge in [0.1, 0.15) is 5.01 Å². The van der Waals surface area contributed by atoms with Crippen LogP contribution in [0.2, 0.25) is 0 Å². The van der Waals surface area contributed by atoms with Crippen LogP contribution in [-0.4, -0.2) is 28.9 Å². The first-order chi connectivity index (χ1) is 10.2. The molecule has 0 N–H and O–H groups in total. The van der Waals surface area contributed by atoms with Crippen LogP contribution in [0.15, 0.2) is 29.6 Å². The smallest absolute Gasteiger partial charge is 0.228 e. The van der Waals surface area contributed by atoms with Crippen LogP contribution in [0.3, 0.4) is 0 Å². The summed E-state index contributed by atoms with van der Waals surface area (Å²) in [5.74, 6) is 0.218. The molecule has 21 heavy (non-hydrogen) atoms. The van der Waals surface area contributed by atoms with Crippen LogP contribution in [-0.2, 0) is 11.2 Å². The van der Waals surface area contributed by atoms with Crippen LogP contribution < -0.4 is 0 Å². The van der Waals surface area contributed by atoms with Gasteiger partial charge in [0.15, 0.2) is 0 Å². The zero-order valence-electron chi connectivity index (χ0n) is 12.3. The molecule has 2 aromatic rings. The summed E-state index contributed by atoms with van der Waals surface area (Å²) in [5.41, 5.74) is 3.27. The number of carbonyl (C=O) groups is 1. The van der Waals surface area contributed by atoms with Gasteiger partial charge in [-0.05, 0) is 26.2 Å². The molecule has 3 nitrogen and oxygen atoms in total. The second-order valence-electron chi connectivity index (χ2n) is 5.63. The van der Waals surface area contributed by atoms with Crippen molar-refractivity contribution in [1.82, 2.24) is 9.88 Å². The molecule has 1 fully saturated rings. The first kappa shape index (κ1) is 14.3. The van der Waals surface area contributed by atoms with Crippen LogP contribution in [0, 0.1) is 6.92 Å². The number of thiazole rings is 1. The van der Waals surface area contributed by atoms with Crippen molar-refractivity contribution in [2.45, 2.75) is 32.6 Å². The summed E-state index contributed by atoms with van der Waals surface area (Å²) in [6.45, 7) is 3.90. The monoisotopic (exact) mass is 300 g/mol. The predicted molar refractivity (Wildman–Crippen MR) is 86.4 cm³/mol. The van der Waals surface area contributed by atoms with Crippen molar-refractivity contribution >= 4 is 17.2 Å². The highest BCUT2D eigenvalue weighted by Crippen LogP contribution is 2.24. The topological polar surface area (TPSA) is 33.2 Å². The Morgan fingerprint density at radius 1 is 1.19 bits per heavy atom. The summed E-state index contributed by atoms with van der Waals surface area (Å²) >= 11 is 1.62. The molecule has 0 radical (unpaired) electrons. The molecule has 0 spiro atoms. The van der Waals surface area contributed by atoms with Crippen molar-refractivity contribution < 1.29 is 4.79 Å². The number of likely N-dealkylation sites (tertiary alicyclic amines) is 1. The van der Waals surface area contributed by atoms with E-state index in [4.69, 9.17) is 0 Å². The number of carbonyl (C=O) groups excluding carboxylic acids is 1. The fourth-order valence-electron chi connectivity index (χ4n) is 2.63. The minimum Gasteiger partial charge on any atom is -0.342 e. The molecular formula is C17H20N2OS. The summed E-state index contributed by atoms with van der Waals surface area (Å²) in [6, 6.07) is 8.36. The van der Waals surface area contributed by atoms with E-state index in [0.717, 1.165) is 42.2 Å². The number of aryl methyl sites for hydroxylation is 1. The lowest BCUT2D eigenvalue weighted by Gasteiger charge is -2.26. The molecule has 2 heterocycles. The normalized spacial score (nSPS) is 15.2. The Bertz CT molecular complexity index is 612. The van der Waals surface area contributed by atoms with E-state index in [1.807, 2.05) is 10.3 Å². The van der Waals surface area contributed by atoms with Crippen molar-refractivity contribution in [3.63, 3.8) is 0 Å². The fraction of sp³-hybridized carbons (Fsp3) is 0.412. The first-order valence-corrected chi connectivity index (χ1v) is 8.39. The number of hydrogen-bond acceptors (Lipinski definition) is 3. The average molecular weight is 300 g/mol. The van der Waals surface area contributed by atoms with Gasteiger partial charge in [-0.15, -0.1) is 11.3 Å². The molecule has 0 saturated carbocycles. The zero-order chi connectivity index (χ0) is 14.7. The van der Waals surface area contributed by atoms with Crippen molar-refractivity contribution in [3.8, 4) is 10.6 Å². The third kappa shape index (κ3) is 3.50. The van der Waals surface area contributed by atoms with Gasteiger partial charge in [0.2, 0.25) is 5.91 Å². The number of hydrogen-bond donors (Lipinski definition) is 0. The largest absolute Gasteiger partial charge is 0.342 e. The van der Waals surface area contributed by atoms with Gasteiger partial charge < -0.3 is 4.90 Å². The molecule has 0 atom stereocenters. The molecule has 1 amide bonds. The van der Waals surface area contributed by atoms with Crippen molar-refractivity contribution in [3.05, 3.63) is 40.9 Å². The van der Waals surface area contributed by atoms with E-state index in [1.54, 1.807) is 11.3 Å². The third-order valence-electron chi connectivity index (χ3n) is 3.89. The highest BCUT2D eigenvalue weighted by atomic mass is 32.1. The van der Waals surface area contributed by atoms with E-state index in [1.165, 1.54) is 12.0 Å². The Morgan fingerprint density at radius 3 is 2.62 bits per heavy atom. The molecule has 3 rings (SSSR count). The lowest BCUT2D eigenvalue weighted by Crippen LogP contribution is -2.36. The van der Waals surface area contributed by atoms with Crippen LogP contribution in [0.4, 0.5) is 0 Å². The molecule has 1 aromatic heterocycles. The van der Waals surface area contributed by atoms with Gasteiger partial charge in [0.05, 0.1) is 12.1 Å². The van der Waals surface area contributed by atoms with Gasteiger partial charge in [0, 0.05) is 24.0 Å². The van der Waals surface area contributed by atoms with Gasteiger partial charge in [-0.25, -0.2) is 4.98 Å². The number of amides is 1. The molecule has 1 aromatic carbocycles. The van der Waals surface area contributed by atoms with Gasteiger partial charge in [-0.3, -0.25) is 4.79 Å². The van der Waals surface area contributed by atoms with Crippen LogP contribution >= 0.6 is 11.3 Å². The standard InChI is InChI=1S/C17H20N2OS/c1-13-5-7-14(8-6-13)17-18-15(12-21-17)11-16(20)19-9-3-2-4-10-19/h5-8,12H,2-4,9-11H2,1H3. The Kier molecular flexibility index (Phi) is 4.34. The summed E-state index contributed by atoms with van der Waals surface area (Å²) in [6.07, 6.45) is 3.95. The van der Waals surface area contributed by atoms with E-state index in [0.29, 0.717) is 6.42 Å². The van der Waals surface area contributed by atoms with Crippen molar-refractivity contribution in [2.75, 3.05) is 13.1 Å². The predicted octanol–water partition coefficient (Wildman–Crippen LogP) is 3.67. The van der Waals surface area contributed by atoms with E-state index >= 15 is 0 Å². The number of benzene rings is 1. The number of nitrogens with zero attached hydrogens (tertiary/aromatic N) is 2. The Morgan fingerprint density at radius 2 is 1.90 bits per heavy atom. The second-order valence-corrected chi connectivity index (χ2v) is 6.49. The minimum absolute atomic E-state index is 0.218. The van der Waals surface area contributed by atoms with E-state index in [-0.39, 0.29) is 5.91 Å². The quantitative estimate of drug-likeness (QED) is 0.866. The Hall–Kier alpha value is -1.68. The lowest BCUT2D eigenvalue weighted by molar-refractivity contribution is -0.131. The maximum absolute atomic E-state index is 12.2. The van der Waals surface area contributed by atoms with E-state index < -0.39 is 0 Å². The molecule has 1 aliphatic rings. The van der Waals surface area contributed by atoms with Crippen molar-refractivity contribution in [1.29, 1.82) is 0 Å².